The van der Waals surface area contributed by atoms with Gasteiger partial charge in [-0.2, -0.15) is 13.2 Å². The second-order valence-electron chi connectivity index (χ2n) is 11.7. The molecule has 1 aromatic carbocycles. The number of phenols is 1. The quantitative estimate of drug-likeness (QED) is 0.408. The molecule has 40 heavy (non-hydrogen) atoms. The molecule has 1 aromatic rings. The van der Waals surface area contributed by atoms with Crippen molar-refractivity contribution in [2.45, 2.75) is 70.6 Å². The number of phenolic OH excluding ortho intramolecular Hbond substituents is 1. The zero-order valence-electron chi connectivity index (χ0n) is 22.7. The van der Waals surface area contributed by atoms with Crippen molar-refractivity contribution in [1.29, 1.82) is 0 Å². The van der Waals surface area contributed by atoms with Gasteiger partial charge in [0.15, 0.2) is 17.2 Å². The highest BCUT2D eigenvalue weighted by Crippen LogP contribution is 2.55. The van der Waals surface area contributed by atoms with Gasteiger partial charge in [-0.3, -0.25) is 24.2 Å². The van der Waals surface area contributed by atoms with Gasteiger partial charge in [0.2, 0.25) is 5.78 Å². The van der Waals surface area contributed by atoms with Gasteiger partial charge in [0.1, 0.15) is 22.8 Å². The predicted molar refractivity (Wildman–Crippen MR) is 135 cm³/mol. The molecule has 0 saturated carbocycles. The fourth-order valence-electron chi connectivity index (χ4n) is 7.11. The van der Waals surface area contributed by atoms with Gasteiger partial charge in [0.25, 0.3) is 0 Å². The average molecular weight is 565 g/mol. The molecule has 0 spiro atoms. The number of rotatable bonds is 3. The molecule has 0 amide bonds. The first-order valence-corrected chi connectivity index (χ1v) is 13.0. The number of hydrogen-bond acceptors (Lipinski definition) is 9. The number of nitrogens with zero attached hydrogens (tertiary/aromatic N) is 2. The minimum Gasteiger partial charge on any atom is -0.510 e. The number of benzene rings is 1. The summed E-state index contributed by atoms with van der Waals surface area (Å²) in [4.78, 5) is 42.8. The minimum atomic E-state index is -4.85. The van der Waals surface area contributed by atoms with E-state index in [9.17, 15) is 48.0 Å². The summed E-state index contributed by atoms with van der Waals surface area (Å²) in [6.07, 6.45) is -5.50. The van der Waals surface area contributed by atoms with Gasteiger partial charge in [-0.1, -0.05) is 0 Å². The van der Waals surface area contributed by atoms with Gasteiger partial charge < -0.3 is 20.4 Å². The first-order chi connectivity index (χ1) is 18.4. The summed E-state index contributed by atoms with van der Waals surface area (Å²) in [5, 5.41) is 45.1. The highest BCUT2D eigenvalue weighted by atomic mass is 19.4. The SMILES string of the molecule is CC(=O)C1=C(O)[C@@H](N(C)C)[C@@H]2C[C@@H]3Cc4c(c(O)c5c(c4C(F)(F)F)CN(C(C)C)C5)C(=O)C3=C(O)[C@]2(O)C1=O. The van der Waals surface area contributed by atoms with Crippen LogP contribution in [0.1, 0.15) is 59.8 Å². The number of likely N-dealkylation sites (N-methyl/N-ethyl adjacent to an activating group) is 1. The maximum atomic E-state index is 14.6. The molecule has 0 bridgehead atoms. The summed E-state index contributed by atoms with van der Waals surface area (Å²) >= 11 is 0. The predicted octanol–water partition coefficient (Wildman–Crippen LogP) is 2.97. The number of halogens is 3. The molecule has 0 aromatic heterocycles. The van der Waals surface area contributed by atoms with Crippen LogP contribution >= 0.6 is 0 Å². The number of alkyl halides is 3. The van der Waals surface area contributed by atoms with E-state index >= 15 is 0 Å². The Labute approximate surface area is 228 Å². The molecule has 4 atom stereocenters. The number of carbonyl (C=O) groups is 3. The van der Waals surface area contributed by atoms with Crippen LogP contribution in [0.5, 0.6) is 5.75 Å². The van der Waals surface area contributed by atoms with Crippen LogP contribution < -0.4 is 0 Å². The van der Waals surface area contributed by atoms with E-state index in [1.165, 1.54) is 19.0 Å². The molecular weight excluding hydrogens is 533 g/mol. The normalized spacial score (nSPS) is 28.7. The van der Waals surface area contributed by atoms with E-state index in [0.29, 0.717) is 0 Å². The molecule has 12 heteroatoms. The summed E-state index contributed by atoms with van der Waals surface area (Å²) in [5.74, 6) is -7.89. The summed E-state index contributed by atoms with van der Waals surface area (Å²) in [6.45, 7) is 4.53. The average Bonchev–Trinajstić information content (AvgIpc) is 3.26. The molecule has 5 rings (SSSR count). The number of carbonyl (C=O) groups excluding carboxylic acids is 3. The Bertz CT molecular complexity index is 1440. The second-order valence-corrected chi connectivity index (χ2v) is 11.7. The van der Waals surface area contributed by atoms with Crippen molar-refractivity contribution < 1.29 is 48.0 Å². The Hall–Kier alpha value is -3.22. The van der Waals surface area contributed by atoms with E-state index < -0.39 is 93.0 Å². The van der Waals surface area contributed by atoms with Crippen LogP contribution in [0.2, 0.25) is 0 Å². The largest absolute Gasteiger partial charge is 0.510 e. The Kier molecular flexibility index (Phi) is 6.29. The number of aliphatic hydroxyl groups excluding tert-OH is 2. The van der Waals surface area contributed by atoms with Gasteiger partial charge in [-0.25, -0.2) is 0 Å². The van der Waals surface area contributed by atoms with Crippen molar-refractivity contribution in [1.82, 2.24) is 9.80 Å². The zero-order valence-corrected chi connectivity index (χ0v) is 22.7. The van der Waals surface area contributed by atoms with Crippen LogP contribution in [-0.4, -0.2) is 79.4 Å². The summed E-state index contributed by atoms with van der Waals surface area (Å²) in [6, 6.07) is -1.30. The molecule has 0 unspecified atom stereocenters. The Morgan fingerprint density at radius 2 is 1.68 bits per heavy atom. The van der Waals surface area contributed by atoms with Crippen LogP contribution in [0.25, 0.3) is 0 Å². The number of Topliss-reactive ketones (excluding diaryl/α,β-unsaturated/α-hetero) is 3. The van der Waals surface area contributed by atoms with Crippen LogP contribution in [0.15, 0.2) is 22.7 Å². The molecule has 0 saturated heterocycles. The molecule has 216 valence electrons. The standard InChI is InChI=1S/C28H31F3N2O7/c1-10(2)33-8-14-15(9-33)22(35)19-13(20(14)28(29,30)31)6-12-7-16-21(32(4)5)24(37)17(11(3)34)25(38)27(16,40)26(39)18(12)23(19)36/h10,12,16,21,35,37,39-40H,6-9H2,1-5H3/t12-,16-,21-,27+/m0/s1. The zero-order chi connectivity index (χ0) is 29.8. The first kappa shape index (κ1) is 28.3. The number of aliphatic hydroxyl groups is 3. The lowest BCUT2D eigenvalue weighted by atomic mass is 9.58. The van der Waals surface area contributed by atoms with Gasteiger partial charge in [-0.05, 0) is 64.8 Å². The van der Waals surface area contributed by atoms with Crippen LogP contribution in [0.3, 0.4) is 0 Å². The third-order valence-corrected chi connectivity index (χ3v) is 8.95. The van der Waals surface area contributed by atoms with E-state index in [0.717, 1.165) is 6.92 Å². The lowest BCUT2D eigenvalue weighted by Crippen LogP contribution is -2.63. The summed E-state index contributed by atoms with van der Waals surface area (Å²) in [5.41, 5.74) is -6.07. The lowest BCUT2D eigenvalue weighted by Gasteiger charge is -2.50. The number of aromatic hydroxyl groups is 1. The molecule has 3 aliphatic carbocycles. The number of fused-ring (bicyclic) bond motifs is 4. The molecule has 4 N–H and O–H groups in total. The van der Waals surface area contributed by atoms with Gasteiger partial charge >= 0.3 is 6.18 Å². The van der Waals surface area contributed by atoms with Crippen molar-refractivity contribution >= 4 is 17.3 Å². The molecule has 9 nitrogen and oxygen atoms in total. The highest BCUT2D eigenvalue weighted by molar-refractivity contribution is 6.25. The maximum Gasteiger partial charge on any atom is 0.417 e. The molecular formula is C28H31F3N2O7. The summed E-state index contributed by atoms with van der Waals surface area (Å²) < 4.78 is 43.8. The molecule has 1 aliphatic heterocycles. The third kappa shape index (κ3) is 3.61. The molecule has 0 fully saturated rings. The Balaban J connectivity index is 1.76. The van der Waals surface area contributed by atoms with Crippen molar-refractivity contribution in [2.75, 3.05) is 14.1 Å². The van der Waals surface area contributed by atoms with E-state index in [-0.39, 0.29) is 42.2 Å². The van der Waals surface area contributed by atoms with Crippen LogP contribution in [0, 0.1) is 11.8 Å². The topological polar surface area (TPSA) is 139 Å². The highest BCUT2D eigenvalue weighted by Gasteiger charge is 2.63. The number of allylic oxidation sites excluding steroid dienone is 1. The lowest BCUT2D eigenvalue weighted by molar-refractivity contribution is -0.148. The van der Waals surface area contributed by atoms with Crippen molar-refractivity contribution in [3.63, 3.8) is 0 Å². The van der Waals surface area contributed by atoms with Crippen LogP contribution in [0.4, 0.5) is 13.2 Å². The smallest absolute Gasteiger partial charge is 0.417 e. The number of hydrogen-bond donors (Lipinski definition) is 4. The minimum absolute atomic E-state index is 0.0159. The van der Waals surface area contributed by atoms with E-state index in [2.05, 4.69) is 0 Å². The van der Waals surface area contributed by atoms with Crippen molar-refractivity contribution in [3.05, 3.63) is 50.5 Å². The second kappa shape index (κ2) is 8.89. The number of ketones is 3. The fourth-order valence-corrected chi connectivity index (χ4v) is 7.11. The Morgan fingerprint density at radius 3 is 2.20 bits per heavy atom. The van der Waals surface area contributed by atoms with Gasteiger partial charge in [-0.15, -0.1) is 0 Å². The summed E-state index contributed by atoms with van der Waals surface area (Å²) in [7, 11) is 3.02. The first-order valence-electron chi connectivity index (χ1n) is 13.0. The van der Waals surface area contributed by atoms with Gasteiger partial charge in [0.05, 0.1) is 17.2 Å². The Morgan fingerprint density at radius 1 is 1.07 bits per heavy atom. The van der Waals surface area contributed by atoms with Gasteiger partial charge in [0, 0.05) is 36.2 Å². The monoisotopic (exact) mass is 564 g/mol. The maximum absolute atomic E-state index is 14.6. The fraction of sp³-hybridized carbons (Fsp3) is 0.536. The molecule has 4 aliphatic rings. The van der Waals surface area contributed by atoms with Crippen LogP contribution in [-0.2, 0) is 35.3 Å². The molecule has 0 radical (unpaired) electrons. The van der Waals surface area contributed by atoms with E-state index in [1.54, 1.807) is 18.7 Å². The van der Waals surface area contributed by atoms with Crippen molar-refractivity contribution in [2.24, 2.45) is 11.8 Å². The molecule has 1 heterocycles. The van der Waals surface area contributed by atoms with Crippen molar-refractivity contribution in [3.8, 4) is 5.75 Å². The van der Waals surface area contributed by atoms with E-state index in [1.807, 2.05) is 0 Å². The third-order valence-electron chi connectivity index (χ3n) is 8.95. The van der Waals surface area contributed by atoms with E-state index in [4.69, 9.17) is 0 Å².